The molecular weight excluding hydrogens is 346 g/mol. The summed E-state index contributed by atoms with van der Waals surface area (Å²) in [5, 5.41) is 0. The van der Waals surface area contributed by atoms with E-state index >= 15 is 0 Å². The quantitative estimate of drug-likeness (QED) is 0.276. The van der Waals surface area contributed by atoms with Crippen LogP contribution >= 0.6 is 0 Å². The highest BCUT2D eigenvalue weighted by atomic mass is 16.5. The molecule has 3 rings (SSSR count). The highest BCUT2D eigenvalue weighted by molar-refractivity contribution is 5.96. The van der Waals surface area contributed by atoms with Crippen molar-refractivity contribution in [3.05, 3.63) is 102 Å². The summed E-state index contributed by atoms with van der Waals surface area (Å²) in [7, 11) is 0. The number of nitrogens with zero attached hydrogens (tertiary/aromatic N) is 1. The monoisotopic (exact) mass is 371 g/mol. The Labute approximate surface area is 167 Å². The van der Waals surface area contributed by atoms with E-state index in [4.69, 9.17) is 9.47 Å². The molecule has 0 N–H and O–H groups in total. The van der Waals surface area contributed by atoms with E-state index in [0.717, 1.165) is 29.2 Å². The molecule has 0 heterocycles. The Hall–Kier alpha value is -3.33. The molecule has 28 heavy (non-hydrogen) atoms. The molecule has 0 radical (unpaired) electrons. The predicted octanol–water partition coefficient (Wildman–Crippen LogP) is 6.65. The average molecular weight is 371 g/mol. The minimum absolute atomic E-state index is 0.506. The number of aliphatic imine (C=N–C) groups is 1. The summed E-state index contributed by atoms with van der Waals surface area (Å²) in [5.41, 5.74) is 4.03. The topological polar surface area (TPSA) is 30.8 Å². The minimum atomic E-state index is 0.506. The summed E-state index contributed by atoms with van der Waals surface area (Å²) in [6.07, 6.45) is 2.63. The van der Waals surface area contributed by atoms with Gasteiger partial charge in [0.25, 0.3) is 0 Å². The highest BCUT2D eigenvalue weighted by Gasteiger charge is 2.08. The van der Waals surface area contributed by atoms with Gasteiger partial charge < -0.3 is 9.47 Å². The number of hydrogen-bond acceptors (Lipinski definition) is 3. The van der Waals surface area contributed by atoms with Gasteiger partial charge in [0, 0.05) is 5.57 Å². The Balaban J connectivity index is 1.87. The Morgan fingerprint density at radius 3 is 2.36 bits per heavy atom. The fourth-order valence-corrected chi connectivity index (χ4v) is 2.58. The van der Waals surface area contributed by atoms with Gasteiger partial charge in [-0.25, -0.2) is 4.99 Å². The maximum Gasteiger partial charge on any atom is 0.225 e. The molecule has 0 bridgehead atoms. The molecule has 3 heteroatoms. The smallest absolute Gasteiger partial charge is 0.225 e. The van der Waals surface area contributed by atoms with Crippen molar-refractivity contribution in [3.8, 4) is 11.5 Å². The van der Waals surface area contributed by atoms with Crippen molar-refractivity contribution in [2.75, 3.05) is 0 Å². The second-order valence-corrected chi connectivity index (χ2v) is 6.59. The van der Waals surface area contributed by atoms with Crippen LogP contribution < -0.4 is 9.47 Å². The first-order chi connectivity index (χ1) is 13.6. The molecule has 3 aromatic rings. The van der Waals surface area contributed by atoms with Gasteiger partial charge in [-0.1, -0.05) is 55.0 Å². The Morgan fingerprint density at radius 2 is 1.64 bits per heavy atom. The van der Waals surface area contributed by atoms with Gasteiger partial charge in [0.2, 0.25) is 5.90 Å². The molecule has 0 aliphatic rings. The maximum atomic E-state index is 6.13. The first-order valence-electron chi connectivity index (χ1n) is 9.45. The fraction of sp³-hybridized carbons (Fsp3) is 0.160. The van der Waals surface area contributed by atoms with Crippen LogP contribution in [0.4, 0.5) is 5.69 Å². The second kappa shape index (κ2) is 9.56. The lowest BCUT2D eigenvalue weighted by atomic mass is 10.2. The lowest BCUT2D eigenvalue weighted by Crippen LogP contribution is -2.11. The standard InChI is InChI=1S/C25H25NO2/c1-4-21-9-8-12-24(17-21)28-25(26-22-10-6-5-7-11-22)20(3)18-27-23-15-13-19(2)14-16-23/h5-18H,4H2,1-3H3. The largest absolute Gasteiger partial charge is 0.465 e. The molecule has 0 saturated heterocycles. The summed E-state index contributed by atoms with van der Waals surface area (Å²) < 4.78 is 11.9. The van der Waals surface area contributed by atoms with E-state index < -0.39 is 0 Å². The Morgan fingerprint density at radius 1 is 0.893 bits per heavy atom. The molecule has 142 valence electrons. The minimum Gasteiger partial charge on any atom is -0.465 e. The van der Waals surface area contributed by atoms with E-state index in [0.29, 0.717) is 5.90 Å². The van der Waals surface area contributed by atoms with Crippen molar-refractivity contribution in [2.45, 2.75) is 27.2 Å². The van der Waals surface area contributed by atoms with E-state index in [-0.39, 0.29) is 0 Å². The highest BCUT2D eigenvalue weighted by Crippen LogP contribution is 2.20. The summed E-state index contributed by atoms with van der Waals surface area (Å²) in [5.74, 6) is 2.04. The first-order valence-corrected chi connectivity index (χ1v) is 9.45. The fourth-order valence-electron chi connectivity index (χ4n) is 2.58. The van der Waals surface area contributed by atoms with Crippen LogP contribution in [0.5, 0.6) is 11.5 Å². The van der Waals surface area contributed by atoms with E-state index in [9.17, 15) is 0 Å². The molecule has 0 aliphatic carbocycles. The molecule has 0 aromatic heterocycles. The molecular formula is C25H25NO2. The molecule has 0 saturated carbocycles. The van der Waals surface area contributed by atoms with Crippen molar-refractivity contribution in [1.82, 2.24) is 0 Å². The van der Waals surface area contributed by atoms with Gasteiger partial charge in [-0.3, -0.25) is 0 Å². The van der Waals surface area contributed by atoms with Crippen molar-refractivity contribution in [2.24, 2.45) is 4.99 Å². The Bertz CT molecular complexity index is 957. The van der Waals surface area contributed by atoms with E-state index in [1.54, 1.807) is 6.26 Å². The third-order valence-corrected chi connectivity index (χ3v) is 4.24. The van der Waals surface area contributed by atoms with Crippen molar-refractivity contribution >= 4 is 11.6 Å². The van der Waals surface area contributed by atoms with Crippen LogP contribution in [-0.2, 0) is 6.42 Å². The number of benzene rings is 3. The number of hydrogen-bond donors (Lipinski definition) is 0. The lowest BCUT2D eigenvalue weighted by molar-refractivity contribution is 0.473. The zero-order valence-corrected chi connectivity index (χ0v) is 16.6. The van der Waals surface area contributed by atoms with Gasteiger partial charge in [0.15, 0.2) is 0 Å². The normalized spacial score (nSPS) is 12.0. The maximum absolute atomic E-state index is 6.13. The molecule has 0 atom stereocenters. The van der Waals surface area contributed by atoms with Crippen LogP contribution in [0.3, 0.4) is 0 Å². The van der Waals surface area contributed by atoms with Crippen molar-refractivity contribution in [3.63, 3.8) is 0 Å². The van der Waals surface area contributed by atoms with Gasteiger partial charge in [0.05, 0.1) is 11.9 Å². The predicted molar refractivity (Wildman–Crippen MR) is 116 cm³/mol. The van der Waals surface area contributed by atoms with Crippen LogP contribution in [0.15, 0.2) is 95.7 Å². The summed E-state index contributed by atoms with van der Waals surface area (Å²) >= 11 is 0. The molecule has 3 nitrogen and oxygen atoms in total. The van der Waals surface area contributed by atoms with Gasteiger partial charge in [-0.15, -0.1) is 0 Å². The van der Waals surface area contributed by atoms with E-state index in [2.05, 4.69) is 18.0 Å². The van der Waals surface area contributed by atoms with E-state index in [1.807, 2.05) is 86.6 Å². The van der Waals surface area contributed by atoms with Crippen molar-refractivity contribution in [1.29, 1.82) is 0 Å². The molecule has 0 fully saturated rings. The zero-order valence-electron chi connectivity index (χ0n) is 16.6. The van der Waals surface area contributed by atoms with Crippen molar-refractivity contribution < 1.29 is 9.47 Å². The lowest BCUT2D eigenvalue weighted by Gasteiger charge is -2.11. The van der Waals surface area contributed by atoms with Crippen LogP contribution in [-0.4, -0.2) is 5.90 Å². The summed E-state index contributed by atoms with van der Waals surface area (Å²) in [6, 6.07) is 25.7. The van der Waals surface area contributed by atoms with Gasteiger partial charge in [0.1, 0.15) is 11.5 Å². The van der Waals surface area contributed by atoms with Gasteiger partial charge >= 0.3 is 0 Å². The second-order valence-electron chi connectivity index (χ2n) is 6.59. The third-order valence-electron chi connectivity index (χ3n) is 4.24. The number of aryl methyl sites for hydroxylation is 2. The molecule has 0 spiro atoms. The number of para-hydroxylation sites is 1. The summed E-state index contributed by atoms with van der Waals surface area (Å²) in [4.78, 5) is 4.68. The van der Waals surface area contributed by atoms with Crippen LogP contribution in [0.25, 0.3) is 0 Å². The van der Waals surface area contributed by atoms with Gasteiger partial charge in [-0.05, 0) is 62.2 Å². The zero-order chi connectivity index (χ0) is 19.8. The Kier molecular flexibility index (Phi) is 6.64. The number of ether oxygens (including phenoxy) is 2. The first kappa shape index (κ1) is 19.4. The van der Waals surface area contributed by atoms with Gasteiger partial charge in [-0.2, -0.15) is 0 Å². The van der Waals surface area contributed by atoms with E-state index in [1.165, 1.54) is 11.1 Å². The van der Waals surface area contributed by atoms with Crippen LogP contribution in [0.1, 0.15) is 25.0 Å². The SMILES string of the molecule is CCc1cccc(OC(=Nc2ccccc2)C(C)=COc2ccc(C)cc2)c1. The summed E-state index contributed by atoms with van der Waals surface area (Å²) in [6.45, 7) is 6.10. The number of rotatable bonds is 6. The molecule has 0 unspecified atom stereocenters. The average Bonchev–Trinajstić information content (AvgIpc) is 2.73. The van der Waals surface area contributed by atoms with Crippen LogP contribution in [0.2, 0.25) is 0 Å². The molecule has 0 aliphatic heterocycles. The van der Waals surface area contributed by atoms with Crippen LogP contribution in [0, 0.1) is 6.92 Å². The molecule has 0 amide bonds. The third kappa shape index (κ3) is 5.58. The molecule has 3 aromatic carbocycles.